The van der Waals surface area contributed by atoms with Crippen molar-refractivity contribution in [3.8, 4) is 27.9 Å². The Morgan fingerprint density at radius 2 is 1.19 bits per heavy atom. The van der Waals surface area contributed by atoms with Crippen molar-refractivity contribution in [3.05, 3.63) is 175 Å². The average Bonchev–Trinajstić information content (AvgIpc) is 3.58. The van der Waals surface area contributed by atoms with Crippen molar-refractivity contribution >= 4 is 39.0 Å². The van der Waals surface area contributed by atoms with Gasteiger partial charge in [0.15, 0.2) is 0 Å². The molecule has 0 aliphatic heterocycles. The number of para-hydroxylation sites is 3. The van der Waals surface area contributed by atoms with E-state index in [9.17, 15) is 0 Å². The lowest BCUT2D eigenvalue weighted by molar-refractivity contribution is 0.660. The first-order valence-electron chi connectivity index (χ1n) is 16.2. The molecule has 2 heterocycles. The van der Waals surface area contributed by atoms with Crippen LogP contribution in [0.25, 0.3) is 49.7 Å². The molecule has 0 unspecified atom stereocenters. The van der Waals surface area contributed by atoms with Gasteiger partial charge in [0.1, 0.15) is 5.82 Å². The van der Waals surface area contributed by atoms with Gasteiger partial charge in [0.2, 0.25) is 0 Å². The molecule has 224 valence electrons. The highest BCUT2D eigenvalue weighted by molar-refractivity contribution is 6.10. The number of nitrogens with zero attached hydrogens (tertiary/aromatic N) is 3. The molecule has 0 amide bonds. The second-order valence-electron chi connectivity index (χ2n) is 12.9. The van der Waals surface area contributed by atoms with Crippen LogP contribution in [0.15, 0.2) is 164 Å². The summed E-state index contributed by atoms with van der Waals surface area (Å²) < 4.78 is 2.35. The first-order chi connectivity index (χ1) is 23.1. The number of anilines is 3. The van der Waals surface area contributed by atoms with Crippen molar-refractivity contribution in [3.63, 3.8) is 0 Å². The third-order valence-corrected chi connectivity index (χ3v) is 9.84. The smallest absolute Gasteiger partial charge is 0.137 e. The molecule has 8 aromatic rings. The van der Waals surface area contributed by atoms with Crippen LogP contribution in [0.3, 0.4) is 0 Å². The van der Waals surface area contributed by atoms with E-state index in [4.69, 9.17) is 4.98 Å². The summed E-state index contributed by atoms with van der Waals surface area (Å²) in [6.07, 6.45) is 2.01. The molecule has 9 rings (SSSR count). The van der Waals surface area contributed by atoms with Crippen molar-refractivity contribution < 1.29 is 0 Å². The van der Waals surface area contributed by atoms with Gasteiger partial charge in [-0.3, -0.25) is 4.90 Å². The van der Waals surface area contributed by atoms with E-state index in [2.05, 4.69) is 181 Å². The summed E-state index contributed by atoms with van der Waals surface area (Å²) in [6, 6.07) is 56.6. The van der Waals surface area contributed by atoms with Gasteiger partial charge in [0.05, 0.1) is 11.0 Å². The molecule has 0 saturated heterocycles. The van der Waals surface area contributed by atoms with Gasteiger partial charge >= 0.3 is 0 Å². The van der Waals surface area contributed by atoms with Gasteiger partial charge in [-0.1, -0.05) is 105 Å². The lowest BCUT2D eigenvalue weighted by Gasteiger charge is -2.24. The van der Waals surface area contributed by atoms with Crippen LogP contribution in [0.2, 0.25) is 0 Å². The molecule has 0 N–H and O–H groups in total. The summed E-state index contributed by atoms with van der Waals surface area (Å²) in [5.41, 5.74) is 13.4. The maximum absolute atomic E-state index is 5.09. The molecular formula is C44H33N3. The van der Waals surface area contributed by atoms with Crippen LogP contribution in [0.5, 0.6) is 0 Å². The van der Waals surface area contributed by atoms with Gasteiger partial charge in [-0.15, -0.1) is 0 Å². The van der Waals surface area contributed by atoms with E-state index in [0.29, 0.717) is 0 Å². The molecule has 0 fully saturated rings. The van der Waals surface area contributed by atoms with Gasteiger partial charge < -0.3 is 4.57 Å². The predicted molar refractivity (Wildman–Crippen MR) is 196 cm³/mol. The van der Waals surface area contributed by atoms with Crippen molar-refractivity contribution in [1.82, 2.24) is 9.55 Å². The summed E-state index contributed by atoms with van der Waals surface area (Å²) >= 11 is 0. The van der Waals surface area contributed by atoms with E-state index >= 15 is 0 Å². The molecule has 6 aromatic carbocycles. The Morgan fingerprint density at radius 1 is 0.511 bits per heavy atom. The monoisotopic (exact) mass is 603 g/mol. The van der Waals surface area contributed by atoms with Gasteiger partial charge in [-0.2, -0.15) is 0 Å². The van der Waals surface area contributed by atoms with Crippen LogP contribution in [-0.2, 0) is 5.41 Å². The summed E-state index contributed by atoms with van der Waals surface area (Å²) in [5.74, 6) is 0.874. The Labute approximate surface area is 275 Å². The molecule has 2 aromatic heterocycles. The van der Waals surface area contributed by atoms with E-state index in [-0.39, 0.29) is 5.41 Å². The molecule has 0 saturated carbocycles. The largest absolute Gasteiger partial charge is 0.309 e. The Balaban J connectivity index is 1.15. The summed E-state index contributed by atoms with van der Waals surface area (Å²) in [4.78, 5) is 7.34. The van der Waals surface area contributed by atoms with Crippen LogP contribution in [0, 0.1) is 0 Å². The topological polar surface area (TPSA) is 21.1 Å². The quantitative estimate of drug-likeness (QED) is 0.195. The van der Waals surface area contributed by atoms with E-state index < -0.39 is 0 Å². The highest BCUT2D eigenvalue weighted by Gasteiger charge is 2.35. The first kappa shape index (κ1) is 27.4. The molecule has 0 atom stereocenters. The van der Waals surface area contributed by atoms with Gasteiger partial charge in [-0.25, -0.2) is 4.98 Å². The normalized spacial score (nSPS) is 13.1. The summed E-state index contributed by atoms with van der Waals surface area (Å²) in [5, 5.41) is 2.44. The Morgan fingerprint density at radius 3 is 2.00 bits per heavy atom. The predicted octanol–water partition coefficient (Wildman–Crippen LogP) is 11.6. The molecule has 1 aliphatic carbocycles. The molecule has 0 bridgehead atoms. The zero-order chi connectivity index (χ0) is 31.5. The SMILES string of the molecule is CC1(C)c2ccccc2-c2cc(-c3ccc(N(c4ccccc4)c4ccc5c(c4)c4ccccc4n5-c4ccccc4)nc3)ccc21. The number of pyridine rings is 1. The molecule has 47 heavy (non-hydrogen) atoms. The zero-order valence-electron chi connectivity index (χ0n) is 26.4. The lowest BCUT2D eigenvalue weighted by atomic mass is 9.82. The second-order valence-corrected chi connectivity index (χ2v) is 12.9. The molecule has 1 aliphatic rings. The fraction of sp³-hybridized carbons (Fsp3) is 0.0682. The standard InChI is InChI=1S/C44H33N3/c1-44(2)39-19-11-9-17-35(39)37-27-30(21-24-40(37)44)31-22-26-43(45-29-31)46(32-13-5-3-6-14-32)34-23-25-42-38(28-34)36-18-10-12-20-41(36)47(42)33-15-7-4-8-16-33/h3-29H,1-2H3. The number of hydrogen-bond acceptors (Lipinski definition) is 2. The number of hydrogen-bond donors (Lipinski definition) is 0. The lowest BCUT2D eigenvalue weighted by Crippen LogP contribution is -2.14. The van der Waals surface area contributed by atoms with E-state index in [1.165, 1.54) is 49.6 Å². The average molecular weight is 604 g/mol. The van der Waals surface area contributed by atoms with Crippen LogP contribution in [-0.4, -0.2) is 9.55 Å². The van der Waals surface area contributed by atoms with Crippen molar-refractivity contribution in [2.24, 2.45) is 0 Å². The molecule has 3 heteroatoms. The Bertz CT molecular complexity index is 2420. The highest BCUT2D eigenvalue weighted by atomic mass is 15.2. The first-order valence-corrected chi connectivity index (χ1v) is 16.2. The van der Waals surface area contributed by atoms with Crippen LogP contribution in [0.1, 0.15) is 25.0 Å². The maximum atomic E-state index is 5.09. The van der Waals surface area contributed by atoms with Gasteiger partial charge in [0.25, 0.3) is 0 Å². The van der Waals surface area contributed by atoms with E-state index in [1.807, 2.05) is 6.20 Å². The van der Waals surface area contributed by atoms with Crippen molar-refractivity contribution in [1.29, 1.82) is 0 Å². The van der Waals surface area contributed by atoms with E-state index in [0.717, 1.165) is 28.4 Å². The minimum absolute atomic E-state index is 0.00273. The van der Waals surface area contributed by atoms with Crippen LogP contribution < -0.4 is 4.90 Å². The fourth-order valence-electron chi connectivity index (χ4n) is 7.53. The number of benzene rings is 6. The van der Waals surface area contributed by atoms with E-state index in [1.54, 1.807) is 0 Å². The number of rotatable bonds is 5. The van der Waals surface area contributed by atoms with Gasteiger partial charge in [0, 0.05) is 45.0 Å². The molecule has 3 nitrogen and oxygen atoms in total. The van der Waals surface area contributed by atoms with Crippen molar-refractivity contribution in [2.75, 3.05) is 4.90 Å². The molecule has 0 spiro atoms. The summed E-state index contributed by atoms with van der Waals surface area (Å²) in [6.45, 7) is 4.64. The maximum Gasteiger partial charge on any atom is 0.137 e. The Hall–Kier alpha value is -5.93. The third-order valence-electron chi connectivity index (χ3n) is 9.84. The number of fused-ring (bicyclic) bond motifs is 6. The molecule has 0 radical (unpaired) electrons. The minimum atomic E-state index is -0.00273. The Kier molecular flexibility index (Phi) is 6.16. The summed E-state index contributed by atoms with van der Waals surface area (Å²) in [7, 11) is 0. The third kappa shape index (κ3) is 4.31. The fourth-order valence-corrected chi connectivity index (χ4v) is 7.53. The van der Waals surface area contributed by atoms with Crippen molar-refractivity contribution in [2.45, 2.75) is 19.3 Å². The van der Waals surface area contributed by atoms with Gasteiger partial charge in [-0.05, 0) is 94.5 Å². The zero-order valence-corrected chi connectivity index (χ0v) is 26.4. The second kappa shape index (κ2) is 10.6. The van der Waals surface area contributed by atoms with Crippen LogP contribution >= 0.6 is 0 Å². The minimum Gasteiger partial charge on any atom is -0.309 e. The highest BCUT2D eigenvalue weighted by Crippen LogP contribution is 2.49. The number of aromatic nitrogens is 2. The molecular weight excluding hydrogens is 571 g/mol. The van der Waals surface area contributed by atoms with Crippen LogP contribution in [0.4, 0.5) is 17.2 Å².